The van der Waals surface area contributed by atoms with Crippen molar-refractivity contribution < 1.29 is 9.21 Å². The molecule has 1 aliphatic rings. The predicted molar refractivity (Wildman–Crippen MR) is 90.2 cm³/mol. The second-order valence-electron chi connectivity index (χ2n) is 5.89. The van der Waals surface area contributed by atoms with Gasteiger partial charge < -0.3 is 9.32 Å². The molecule has 0 aliphatic carbocycles. The van der Waals surface area contributed by atoms with E-state index in [0.29, 0.717) is 11.1 Å². The highest BCUT2D eigenvalue weighted by atomic mass is 32.2. The second kappa shape index (κ2) is 7.17. The van der Waals surface area contributed by atoms with Crippen molar-refractivity contribution in [3.05, 3.63) is 29.8 Å². The van der Waals surface area contributed by atoms with Gasteiger partial charge >= 0.3 is 0 Å². The molecule has 23 heavy (non-hydrogen) atoms. The summed E-state index contributed by atoms with van der Waals surface area (Å²) in [5.74, 6) is 0.648. The molecule has 0 unspecified atom stereocenters. The smallest absolute Gasteiger partial charge is 0.277 e. The standard InChI is InChI=1S/C17H21N3O2S/c1-12-6-8-14(9-7-12)15-18-19-17(22-15)23-13(2)16(21)20-10-4-3-5-11-20/h6-9,13H,3-5,10-11H2,1-2H3/t13-/m0/s1. The second-order valence-corrected chi connectivity index (χ2v) is 7.18. The van der Waals surface area contributed by atoms with Gasteiger partial charge in [-0.1, -0.05) is 29.5 Å². The lowest BCUT2D eigenvalue weighted by Gasteiger charge is -2.28. The number of rotatable bonds is 4. The molecule has 1 fully saturated rings. The molecule has 1 atom stereocenters. The lowest BCUT2D eigenvalue weighted by atomic mass is 10.1. The fourth-order valence-corrected chi connectivity index (χ4v) is 3.41. The molecular formula is C17H21N3O2S. The topological polar surface area (TPSA) is 59.2 Å². The molecule has 6 heteroatoms. The summed E-state index contributed by atoms with van der Waals surface area (Å²) >= 11 is 1.33. The van der Waals surface area contributed by atoms with E-state index in [2.05, 4.69) is 10.2 Å². The zero-order valence-corrected chi connectivity index (χ0v) is 14.3. The van der Waals surface area contributed by atoms with Gasteiger partial charge in [0.2, 0.25) is 11.8 Å². The van der Waals surface area contributed by atoms with Gasteiger partial charge in [-0.25, -0.2) is 0 Å². The summed E-state index contributed by atoms with van der Waals surface area (Å²) < 4.78 is 5.69. The predicted octanol–water partition coefficient (Wildman–Crippen LogP) is 3.54. The Labute approximate surface area is 140 Å². The minimum atomic E-state index is -0.209. The van der Waals surface area contributed by atoms with Crippen molar-refractivity contribution in [1.82, 2.24) is 15.1 Å². The first-order valence-corrected chi connectivity index (χ1v) is 8.87. The molecule has 2 aromatic rings. The number of nitrogens with zero attached hydrogens (tertiary/aromatic N) is 3. The number of aromatic nitrogens is 2. The normalized spacial score (nSPS) is 16.3. The van der Waals surface area contributed by atoms with Crippen LogP contribution in [0.25, 0.3) is 11.5 Å². The largest absolute Gasteiger partial charge is 0.411 e. The van der Waals surface area contributed by atoms with Crippen LogP contribution in [0.4, 0.5) is 0 Å². The number of hydrogen-bond acceptors (Lipinski definition) is 5. The van der Waals surface area contributed by atoms with Crippen LogP contribution in [-0.4, -0.2) is 39.3 Å². The summed E-state index contributed by atoms with van der Waals surface area (Å²) in [5.41, 5.74) is 2.08. The molecule has 122 valence electrons. The summed E-state index contributed by atoms with van der Waals surface area (Å²) in [5, 5.41) is 8.37. The van der Waals surface area contributed by atoms with Crippen molar-refractivity contribution >= 4 is 17.7 Å². The fourth-order valence-electron chi connectivity index (χ4n) is 2.64. The molecule has 0 bridgehead atoms. The molecule has 3 rings (SSSR count). The van der Waals surface area contributed by atoms with Crippen LogP contribution < -0.4 is 0 Å². The van der Waals surface area contributed by atoms with Crippen LogP contribution in [0.5, 0.6) is 0 Å². The third-order valence-corrected chi connectivity index (χ3v) is 4.92. The molecule has 1 aromatic heterocycles. The number of thioether (sulfide) groups is 1. The maximum absolute atomic E-state index is 12.4. The number of hydrogen-bond donors (Lipinski definition) is 0. The number of aryl methyl sites for hydroxylation is 1. The van der Waals surface area contributed by atoms with Crippen molar-refractivity contribution in [1.29, 1.82) is 0 Å². The van der Waals surface area contributed by atoms with Crippen LogP contribution in [-0.2, 0) is 4.79 Å². The Kier molecular flexibility index (Phi) is 5.00. The average molecular weight is 331 g/mol. The molecule has 1 aromatic carbocycles. The van der Waals surface area contributed by atoms with Gasteiger partial charge in [0.25, 0.3) is 5.22 Å². The fraction of sp³-hybridized carbons (Fsp3) is 0.471. The Bertz CT molecular complexity index is 663. The van der Waals surface area contributed by atoms with Crippen LogP contribution in [0, 0.1) is 6.92 Å². The summed E-state index contributed by atoms with van der Waals surface area (Å²) in [6, 6.07) is 7.93. The van der Waals surface area contributed by atoms with Gasteiger partial charge in [0, 0.05) is 18.7 Å². The monoisotopic (exact) mass is 331 g/mol. The zero-order chi connectivity index (χ0) is 16.2. The summed E-state index contributed by atoms with van der Waals surface area (Å²) in [6.45, 7) is 5.66. The van der Waals surface area contributed by atoms with Gasteiger partial charge in [0.05, 0.1) is 5.25 Å². The number of amides is 1. The summed E-state index contributed by atoms with van der Waals surface area (Å²) in [7, 11) is 0. The van der Waals surface area contributed by atoms with Crippen molar-refractivity contribution in [3.8, 4) is 11.5 Å². The van der Waals surface area contributed by atoms with Crippen molar-refractivity contribution in [2.45, 2.75) is 43.6 Å². The highest BCUT2D eigenvalue weighted by Crippen LogP contribution is 2.27. The molecule has 1 aliphatic heterocycles. The zero-order valence-electron chi connectivity index (χ0n) is 13.5. The van der Waals surface area contributed by atoms with Crippen LogP contribution >= 0.6 is 11.8 Å². The first-order chi connectivity index (χ1) is 11.1. The van der Waals surface area contributed by atoms with Gasteiger partial charge in [0.15, 0.2) is 0 Å². The van der Waals surface area contributed by atoms with Crippen LogP contribution in [0.3, 0.4) is 0 Å². The number of carbonyl (C=O) groups is 1. The average Bonchev–Trinajstić information content (AvgIpc) is 3.04. The third-order valence-electron chi connectivity index (χ3n) is 4.00. The Morgan fingerprint density at radius 2 is 1.87 bits per heavy atom. The number of carbonyl (C=O) groups excluding carboxylic acids is 1. The molecule has 0 spiro atoms. The Balaban J connectivity index is 1.64. The molecule has 2 heterocycles. The lowest BCUT2D eigenvalue weighted by molar-refractivity contribution is -0.131. The van der Waals surface area contributed by atoms with Crippen LogP contribution in [0.1, 0.15) is 31.7 Å². The van der Waals surface area contributed by atoms with Crippen molar-refractivity contribution in [2.24, 2.45) is 0 Å². The van der Waals surface area contributed by atoms with E-state index in [9.17, 15) is 4.79 Å². The van der Waals surface area contributed by atoms with E-state index < -0.39 is 0 Å². The van der Waals surface area contributed by atoms with Crippen LogP contribution in [0.15, 0.2) is 33.9 Å². The number of likely N-dealkylation sites (tertiary alicyclic amines) is 1. The van der Waals surface area contributed by atoms with Gasteiger partial charge in [-0.15, -0.1) is 10.2 Å². The minimum Gasteiger partial charge on any atom is -0.411 e. The minimum absolute atomic E-state index is 0.157. The number of piperidine rings is 1. The van der Waals surface area contributed by atoms with E-state index in [0.717, 1.165) is 31.5 Å². The Morgan fingerprint density at radius 1 is 1.17 bits per heavy atom. The van der Waals surface area contributed by atoms with Gasteiger partial charge in [-0.3, -0.25) is 4.79 Å². The molecule has 1 amide bonds. The van der Waals surface area contributed by atoms with Crippen molar-refractivity contribution in [2.75, 3.05) is 13.1 Å². The highest BCUT2D eigenvalue weighted by Gasteiger charge is 2.24. The quantitative estimate of drug-likeness (QED) is 0.802. The first kappa shape index (κ1) is 16.1. The Morgan fingerprint density at radius 3 is 2.57 bits per heavy atom. The van der Waals surface area contributed by atoms with Crippen molar-refractivity contribution in [3.63, 3.8) is 0 Å². The lowest BCUT2D eigenvalue weighted by Crippen LogP contribution is -2.40. The molecular weight excluding hydrogens is 310 g/mol. The SMILES string of the molecule is Cc1ccc(-c2nnc(S[C@@H](C)C(=O)N3CCCCC3)o2)cc1. The van der Waals surface area contributed by atoms with Gasteiger partial charge in [-0.2, -0.15) is 0 Å². The van der Waals surface area contributed by atoms with E-state index in [1.54, 1.807) is 0 Å². The first-order valence-electron chi connectivity index (χ1n) is 7.99. The maximum Gasteiger partial charge on any atom is 0.277 e. The summed E-state index contributed by atoms with van der Waals surface area (Å²) in [6.07, 6.45) is 3.41. The van der Waals surface area contributed by atoms with E-state index in [4.69, 9.17) is 4.42 Å². The van der Waals surface area contributed by atoms with E-state index in [-0.39, 0.29) is 11.2 Å². The third kappa shape index (κ3) is 3.93. The highest BCUT2D eigenvalue weighted by molar-refractivity contribution is 8.00. The molecule has 0 saturated carbocycles. The molecule has 0 N–H and O–H groups in total. The number of benzene rings is 1. The van der Waals surface area contributed by atoms with E-state index in [1.165, 1.54) is 23.7 Å². The van der Waals surface area contributed by atoms with Gasteiger partial charge in [-0.05, 0) is 45.2 Å². The molecule has 0 radical (unpaired) electrons. The maximum atomic E-state index is 12.4. The summed E-state index contributed by atoms with van der Waals surface area (Å²) in [4.78, 5) is 14.4. The molecule has 5 nitrogen and oxygen atoms in total. The van der Waals surface area contributed by atoms with Crippen LogP contribution in [0.2, 0.25) is 0 Å². The van der Waals surface area contributed by atoms with Gasteiger partial charge in [0.1, 0.15) is 0 Å². The molecule has 1 saturated heterocycles. The Hall–Kier alpha value is -1.82. The van der Waals surface area contributed by atoms with E-state index in [1.807, 2.05) is 43.0 Å². The van der Waals surface area contributed by atoms with E-state index >= 15 is 0 Å².